The van der Waals surface area contributed by atoms with Crippen molar-refractivity contribution < 1.29 is 14.7 Å². The van der Waals surface area contributed by atoms with Crippen LogP contribution in [0.5, 0.6) is 0 Å². The highest BCUT2D eigenvalue weighted by Crippen LogP contribution is 2.18. The summed E-state index contributed by atoms with van der Waals surface area (Å²) >= 11 is 0. The quantitative estimate of drug-likeness (QED) is 0.876. The topological polar surface area (TPSA) is 95.4 Å². The zero-order chi connectivity index (χ0) is 15.7. The molecule has 2 heterocycles. The van der Waals surface area contributed by atoms with Gasteiger partial charge in [-0.1, -0.05) is 12.1 Å². The Kier molecular flexibility index (Phi) is 3.70. The first kappa shape index (κ1) is 14.4. The van der Waals surface area contributed by atoms with Crippen LogP contribution in [0.2, 0.25) is 0 Å². The maximum atomic E-state index is 12.5. The van der Waals surface area contributed by atoms with E-state index in [1.165, 1.54) is 9.47 Å². The number of H-pyrrole nitrogens is 1. The van der Waals surface area contributed by atoms with E-state index in [1.54, 1.807) is 24.3 Å². The number of carboxylic acids is 1. The molecule has 0 radical (unpaired) electrons. The van der Waals surface area contributed by atoms with Gasteiger partial charge in [-0.3, -0.25) is 9.36 Å². The van der Waals surface area contributed by atoms with Crippen LogP contribution in [0.15, 0.2) is 29.1 Å². The summed E-state index contributed by atoms with van der Waals surface area (Å²) in [7, 11) is 0. The summed E-state index contributed by atoms with van der Waals surface area (Å²) in [6.45, 7) is 0.277. The second kappa shape index (κ2) is 5.67. The molecule has 1 atom stereocenters. The second-order valence-corrected chi connectivity index (χ2v) is 5.47. The van der Waals surface area contributed by atoms with Gasteiger partial charge in [0.05, 0.1) is 11.0 Å². The number of aromatic nitrogens is 2. The summed E-state index contributed by atoms with van der Waals surface area (Å²) in [5.74, 6) is -1.32. The minimum atomic E-state index is -0.987. The van der Waals surface area contributed by atoms with E-state index in [-0.39, 0.29) is 18.1 Å². The first-order valence-corrected chi connectivity index (χ1v) is 7.28. The van der Waals surface area contributed by atoms with E-state index in [2.05, 4.69) is 4.98 Å². The third-order valence-corrected chi connectivity index (χ3v) is 4.08. The molecule has 22 heavy (non-hydrogen) atoms. The van der Waals surface area contributed by atoms with E-state index in [1.807, 2.05) is 0 Å². The molecule has 0 aliphatic carbocycles. The number of imidazole rings is 1. The van der Waals surface area contributed by atoms with E-state index in [9.17, 15) is 19.5 Å². The molecule has 1 aliphatic heterocycles. The van der Waals surface area contributed by atoms with E-state index in [0.717, 1.165) is 12.8 Å². The summed E-state index contributed by atoms with van der Waals surface area (Å²) in [6.07, 6.45) is 2.05. The lowest BCUT2D eigenvalue weighted by molar-refractivity contribution is -0.152. The van der Waals surface area contributed by atoms with Crippen molar-refractivity contribution in [2.24, 2.45) is 0 Å². The summed E-state index contributed by atoms with van der Waals surface area (Å²) in [5.41, 5.74) is 0.942. The number of aliphatic carboxylic acids is 1. The Labute approximate surface area is 126 Å². The molecule has 0 spiro atoms. The number of carbonyl (C=O) groups excluding carboxylic acids is 1. The average Bonchev–Trinajstić information content (AvgIpc) is 2.83. The van der Waals surface area contributed by atoms with Crippen molar-refractivity contribution in [3.05, 3.63) is 34.7 Å². The van der Waals surface area contributed by atoms with Gasteiger partial charge in [0.15, 0.2) is 0 Å². The van der Waals surface area contributed by atoms with Crippen molar-refractivity contribution in [2.45, 2.75) is 31.8 Å². The SMILES string of the molecule is O=C(O)C1CCCCN1C(=O)Cn1c(=O)[nH]c2ccccc21. The number of para-hydroxylation sites is 2. The van der Waals surface area contributed by atoms with Gasteiger partial charge in [-0.05, 0) is 31.4 Å². The minimum absolute atomic E-state index is 0.146. The highest BCUT2D eigenvalue weighted by Gasteiger charge is 2.32. The molecule has 1 fully saturated rings. The summed E-state index contributed by atoms with van der Waals surface area (Å²) in [6, 6.07) is 6.32. The van der Waals surface area contributed by atoms with Crippen LogP contribution in [0.25, 0.3) is 11.0 Å². The zero-order valence-electron chi connectivity index (χ0n) is 12.0. The number of likely N-dealkylation sites (tertiary alicyclic amines) is 1. The van der Waals surface area contributed by atoms with E-state index in [4.69, 9.17) is 0 Å². The number of carboxylic acid groups (broad SMARTS) is 1. The van der Waals surface area contributed by atoms with Crippen LogP contribution in [-0.2, 0) is 16.1 Å². The Balaban J connectivity index is 1.88. The molecular weight excluding hydrogens is 286 g/mol. The van der Waals surface area contributed by atoms with E-state index >= 15 is 0 Å². The highest BCUT2D eigenvalue weighted by molar-refractivity contribution is 5.85. The second-order valence-electron chi connectivity index (χ2n) is 5.47. The number of hydrogen-bond donors (Lipinski definition) is 2. The van der Waals surface area contributed by atoms with Crippen molar-refractivity contribution >= 4 is 22.9 Å². The molecule has 1 aromatic heterocycles. The summed E-state index contributed by atoms with van der Waals surface area (Å²) < 4.78 is 1.35. The molecule has 116 valence electrons. The molecule has 0 bridgehead atoms. The van der Waals surface area contributed by atoms with Crippen LogP contribution >= 0.6 is 0 Å². The third kappa shape index (κ3) is 2.49. The fourth-order valence-corrected chi connectivity index (χ4v) is 2.98. The molecule has 2 aromatic rings. The number of nitrogens with one attached hydrogen (secondary N) is 1. The number of nitrogens with zero attached hydrogens (tertiary/aromatic N) is 2. The van der Waals surface area contributed by atoms with Gasteiger partial charge >= 0.3 is 11.7 Å². The Morgan fingerprint density at radius 3 is 2.82 bits per heavy atom. The third-order valence-electron chi connectivity index (χ3n) is 4.08. The predicted molar refractivity (Wildman–Crippen MR) is 79.5 cm³/mol. The minimum Gasteiger partial charge on any atom is -0.480 e. The van der Waals surface area contributed by atoms with Gasteiger partial charge in [-0.25, -0.2) is 9.59 Å². The molecule has 7 nitrogen and oxygen atoms in total. The number of fused-ring (bicyclic) bond motifs is 1. The number of rotatable bonds is 3. The number of amides is 1. The Morgan fingerprint density at radius 2 is 2.05 bits per heavy atom. The first-order valence-electron chi connectivity index (χ1n) is 7.28. The smallest absolute Gasteiger partial charge is 0.326 e. The molecule has 2 N–H and O–H groups in total. The lowest BCUT2D eigenvalue weighted by Gasteiger charge is -2.33. The summed E-state index contributed by atoms with van der Waals surface area (Å²) in [4.78, 5) is 39.8. The van der Waals surface area contributed by atoms with Crippen LogP contribution in [-0.4, -0.2) is 44.0 Å². The van der Waals surface area contributed by atoms with E-state index < -0.39 is 12.0 Å². The van der Waals surface area contributed by atoms with Crippen molar-refractivity contribution in [1.82, 2.24) is 14.5 Å². The molecule has 1 amide bonds. The molecule has 7 heteroatoms. The zero-order valence-corrected chi connectivity index (χ0v) is 12.0. The average molecular weight is 303 g/mol. The monoisotopic (exact) mass is 303 g/mol. The van der Waals surface area contributed by atoms with Gasteiger partial charge in [0.1, 0.15) is 12.6 Å². The number of benzene rings is 1. The van der Waals surface area contributed by atoms with Crippen molar-refractivity contribution in [3.8, 4) is 0 Å². The number of carbonyl (C=O) groups is 2. The molecule has 1 unspecified atom stereocenters. The van der Waals surface area contributed by atoms with Gasteiger partial charge < -0.3 is 15.0 Å². The normalized spacial score (nSPS) is 18.5. The standard InChI is InChI=1S/C15H17N3O4/c19-13(17-8-4-3-7-12(17)14(20)21)9-18-11-6-2-1-5-10(11)16-15(18)22/h1-2,5-6,12H,3-4,7-9H2,(H,16,22)(H,20,21). The Hall–Kier alpha value is -2.57. The van der Waals surface area contributed by atoms with Crippen LogP contribution in [0.3, 0.4) is 0 Å². The van der Waals surface area contributed by atoms with Crippen molar-refractivity contribution in [3.63, 3.8) is 0 Å². The molecule has 1 aliphatic rings. The molecule has 1 aromatic carbocycles. The Morgan fingerprint density at radius 1 is 1.27 bits per heavy atom. The first-order chi connectivity index (χ1) is 10.6. The molecule has 1 saturated heterocycles. The van der Waals surface area contributed by atoms with Gasteiger partial charge in [-0.2, -0.15) is 0 Å². The largest absolute Gasteiger partial charge is 0.480 e. The van der Waals surface area contributed by atoms with Gasteiger partial charge in [0, 0.05) is 6.54 Å². The highest BCUT2D eigenvalue weighted by atomic mass is 16.4. The number of hydrogen-bond acceptors (Lipinski definition) is 3. The van der Waals surface area contributed by atoms with Crippen LogP contribution in [0.4, 0.5) is 0 Å². The van der Waals surface area contributed by atoms with Gasteiger partial charge in [0.25, 0.3) is 0 Å². The lowest BCUT2D eigenvalue weighted by Crippen LogP contribution is -2.49. The molecular formula is C15H17N3O4. The van der Waals surface area contributed by atoms with Gasteiger partial charge in [-0.15, -0.1) is 0 Å². The molecule has 3 rings (SSSR count). The van der Waals surface area contributed by atoms with Crippen molar-refractivity contribution in [1.29, 1.82) is 0 Å². The number of aromatic amines is 1. The van der Waals surface area contributed by atoms with Crippen LogP contribution in [0, 0.1) is 0 Å². The maximum absolute atomic E-state index is 12.5. The Bertz CT molecular complexity index is 776. The van der Waals surface area contributed by atoms with E-state index in [0.29, 0.717) is 24.0 Å². The number of piperidine rings is 1. The molecule has 0 saturated carbocycles. The predicted octanol–water partition coefficient (Wildman–Crippen LogP) is 0.795. The van der Waals surface area contributed by atoms with Gasteiger partial charge in [0.2, 0.25) is 5.91 Å². The summed E-state index contributed by atoms with van der Waals surface area (Å²) in [5, 5.41) is 9.24. The van der Waals surface area contributed by atoms with Crippen LogP contribution < -0.4 is 5.69 Å². The maximum Gasteiger partial charge on any atom is 0.326 e. The fourth-order valence-electron chi connectivity index (χ4n) is 2.98. The fraction of sp³-hybridized carbons (Fsp3) is 0.400. The van der Waals surface area contributed by atoms with Crippen LogP contribution in [0.1, 0.15) is 19.3 Å². The lowest BCUT2D eigenvalue weighted by atomic mass is 10.0. The van der Waals surface area contributed by atoms with Crippen molar-refractivity contribution in [2.75, 3.05) is 6.54 Å².